The number of piperidine rings is 1. The molecule has 0 bridgehead atoms. The molecular formula is C14H18N2O4S. The number of nitrogens with one attached hydrogen (secondary N) is 2. The molecule has 6 nitrogen and oxygen atoms in total. The summed E-state index contributed by atoms with van der Waals surface area (Å²) in [6.45, 7) is 1.62. The van der Waals surface area contributed by atoms with Crippen LogP contribution in [0.3, 0.4) is 0 Å². The van der Waals surface area contributed by atoms with E-state index < -0.39 is 16.0 Å². The lowest BCUT2D eigenvalue weighted by molar-refractivity contribution is -0.131. The molecule has 0 saturated carbocycles. The molecule has 0 spiro atoms. The van der Waals surface area contributed by atoms with Crippen LogP contribution in [0.5, 0.6) is 0 Å². The number of hydrogen-bond acceptors (Lipinski definition) is 4. The third-order valence-corrected chi connectivity index (χ3v) is 4.81. The van der Waals surface area contributed by atoms with Gasteiger partial charge in [0, 0.05) is 12.1 Å². The van der Waals surface area contributed by atoms with E-state index >= 15 is 0 Å². The molecule has 1 aliphatic heterocycles. The number of aliphatic carboxylic acids is 1. The Kier molecular flexibility index (Phi) is 5.11. The second-order valence-electron chi connectivity index (χ2n) is 4.89. The summed E-state index contributed by atoms with van der Waals surface area (Å²) in [7, 11) is -3.53. The van der Waals surface area contributed by atoms with E-state index in [1.54, 1.807) is 12.1 Å². The number of hydrogen-bond donors (Lipinski definition) is 3. The van der Waals surface area contributed by atoms with Crippen molar-refractivity contribution in [1.82, 2.24) is 10.0 Å². The highest BCUT2D eigenvalue weighted by atomic mass is 32.2. The minimum absolute atomic E-state index is 0.0390. The zero-order chi connectivity index (χ0) is 15.3. The van der Waals surface area contributed by atoms with Crippen molar-refractivity contribution in [2.75, 3.05) is 13.1 Å². The maximum atomic E-state index is 12.2. The van der Waals surface area contributed by atoms with Crippen LogP contribution in [-0.2, 0) is 14.8 Å². The highest BCUT2D eigenvalue weighted by Gasteiger charge is 2.21. The van der Waals surface area contributed by atoms with E-state index in [0.717, 1.165) is 32.0 Å². The van der Waals surface area contributed by atoms with Crippen LogP contribution in [0, 0.1) is 0 Å². The lowest BCUT2D eigenvalue weighted by Crippen LogP contribution is -2.42. The Morgan fingerprint density at radius 3 is 2.43 bits per heavy atom. The number of carboxylic acid groups (broad SMARTS) is 1. The Morgan fingerprint density at radius 2 is 1.86 bits per heavy atom. The fraction of sp³-hybridized carbons (Fsp3) is 0.357. The van der Waals surface area contributed by atoms with Crippen LogP contribution in [0.1, 0.15) is 18.4 Å². The van der Waals surface area contributed by atoms with Crippen LogP contribution in [0.2, 0.25) is 0 Å². The zero-order valence-corrected chi connectivity index (χ0v) is 12.3. The van der Waals surface area contributed by atoms with Crippen molar-refractivity contribution in [1.29, 1.82) is 0 Å². The molecule has 1 aromatic rings. The first-order valence-electron chi connectivity index (χ1n) is 6.71. The standard InChI is InChI=1S/C14H18N2O4S/c17-14(18)6-3-11-1-4-13(5-2-11)21(19,20)16-12-7-9-15-10-8-12/h1-6,12,15-16H,7-10H2,(H,17,18). The van der Waals surface area contributed by atoms with Gasteiger partial charge in [0.1, 0.15) is 0 Å². The van der Waals surface area contributed by atoms with E-state index in [0.29, 0.717) is 5.56 Å². The predicted octanol–water partition coefficient (Wildman–Crippen LogP) is 0.815. The lowest BCUT2D eigenvalue weighted by atomic mass is 10.1. The van der Waals surface area contributed by atoms with Gasteiger partial charge in [-0.3, -0.25) is 0 Å². The summed E-state index contributed by atoms with van der Waals surface area (Å²) in [6, 6.07) is 6.07. The van der Waals surface area contributed by atoms with E-state index in [4.69, 9.17) is 5.11 Å². The topological polar surface area (TPSA) is 95.5 Å². The van der Waals surface area contributed by atoms with E-state index in [1.807, 2.05) is 0 Å². The van der Waals surface area contributed by atoms with Gasteiger partial charge in [0.15, 0.2) is 0 Å². The third kappa shape index (κ3) is 4.66. The third-order valence-electron chi connectivity index (χ3n) is 3.27. The first-order valence-corrected chi connectivity index (χ1v) is 8.20. The molecule has 21 heavy (non-hydrogen) atoms. The minimum Gasteiger partial charge on any atom is -0.478 e. The average Bonchev–Trinajstić information content (AvgIpc) is 2.46. The molecule has 0 amide bonds. The van der Waals surface area contributed by atoms with Crippen molar-refractivity contribution in [3.8, 4) is 0 Å². The van der Waals surface area contributed by atoms with E-state index in [9.17, 15) is 13.2 Å². The van der Waals surface area contributed by atoms with Crippen LogP contribution in [0.25, 0.3) is 6.08 Å². The molecule has 114 valence electrons. The van der Waals surface area contributed by atoms with Crippen LogP contribution in [0.15, 0.2) is 35.2 Å². The van der Waals surface area contributed by atoms with Gasteiger partial charge in [-0.2, -0.15) is 0 Å². The van der Waals surface area contributed by atoms with Crippen molar-refractivity contribution in [2.45, 2.75) is 23.8 Å². The molecule has 1 aliphatic rings. The lowest BCUT2D eigenvalue weighted by Gasteiger charge is -2.23. The maximum absolute atomic E-state index is 12.2. The normalized spacial score (nSPS) is 17.1. The van der Waals surface area contributed by atoms with Gasteiger partial charge in [0.05, 0.1) is 4.90 Å². The van der Waals surface area contributed by atoms with Crippen LogP contribution in [-0.4, -0.2) is 38.6 Å². The highest BCUT2D eigenvalue weighted by Crippen LogP contribution is 2.14. The summed E-state index contributed by atoms with van der Waals surface area (Å²) >= 11 is 0. The molecule has 3 N–H and O–H groups in total. The van der Waals surface area contributed by atoms with Gasteiger partial charge in [0.25, 0.3) is 0 Å². The van der Waals surface area contributed by atoms with Gasteiger partial charge in [0.2, 0.25) is 10.0 Å². The van der Waals surface area contributed by atoms with Gasteiger partial charge in [-0.15, -0.1) is 0 Å². The summed E-state index contributed by atoms with van der Waals surface area (Å²) in [5, 5.41) is 11.7. The molecule has 0 aliphatic carbocycles. The molecule has 2 rings (SSSR count). The molecule has 1 heterocycles. The summed E-state index contributed by atoms with van der Waals surface area (Å²) in [4.78, 5) is 10.6. The molecule has 0 atom stereocenters. The van der Waals surface area contributed by atoms with E-state index in [-0.39, 0.29) is 10.9 Å². The summed E-state index contributed by atoms with van der Waals surface area (Å²) in [5.74, 6) is -1.04. The Balaban J connectivity index is 2.07. The van der Waals surface area contributed by atoms with Crippen LogP contribution < -0.4 is 10.0 Å². The van der Waals surface area contributed by atoms with Crippen molar-refractivity contribution in [3.63, 3.8) is 0 Å². The number of rotatable bonds is 5. The van der Waals surface area contributed by atoms with Crippen LogP contribution in [0.4, 0.5) is 0 Å². The second-order valence-corrected chi connectivity index (χ2v) is 6.60. The summed E-state index contributed by atoms with van der Waals surface area (Å²) < 4.78 is 27.2. The van der Waals surface area contributed by atoms with Crippen LogP contribution >= 0.6 is 0 Å². The van der Waals surface area contributed by atoms with Crippen molar-refractivity contribution >= 4 is 22.1 Å². The van der Waals surface area contributed by atoms with E-state index in [2.05, 4.69) is 10.0 Å². The van der Waals surface area contributed by atoms with Crippen molar-refractivity contribution in [3.05, 3.63) is 35.9 Å². The SMILES string of the molecule is O=C(O)C=Cc1ccc(S(=O)(=O)NC2CCNCC2)cc1. The molecule has 1 saturated heterocycles. The maximum Gasteiger partial charge on any atom is 0.328 e. The molecular weight excluding hydrogens is 292 g/mol. The molecule has 1 fully saturated rings. The van der Waals surface area contributed by atoms with Gasteiger partial charge in [-0.05, 0) is 49.7 Å². The summed E-state index contributed by atoms with van der Waals surface area (Å²) in [6.07, 6.45) is 3.98. The van der Waals surface area contributed by atoms with Gasteiger partial charge < -0.3 is 10.4 Å². The quantitative estimate of drug-likeness (QED) is 0.700. The smallest absolute Gasteiger partial charge is 0.328 e. The molecule has 0 radical (unpaired) electrons. The summed E-state index contributed by atoms with van der Waals surface area (Å²) in [5.41, 5.74) is 0.637. The minimum atomic E-state index is -3.53. The molecule has 0 aromatic heterocycles. The number of carboxylic acids is 1. The second kappa shape index (κ2) is 6.84. The van der Waals surface area contributed by atoms with Gasteiger partial charge in [-0.1, -0.05) is 12.1 Å². The Labute approximate surface area is 123 Å². The fourth-order valence-electron chi connectivity index (χ4n) is 2.15. The zero-order valence-electron chi connectivity index (χ0n) is 11.5. The van der Waals surface area contributed by atoms with Crippen molar-refractivity contribution in [2.24, 2.45) is 0 Å². The Hall–Kier alpha value is -1.70. The van der Waals surface area contributed by atoms with Crippen molar-refractivity contribution < 1.29 is 18.3 Å². The number of benzene rings is 1. The number of carbonyl (C=O) groups is 1. The molecule has 1 aromatic carbocycles. The van der Waals surface area contributed by atoms with Gasteiger partial charge in [-0.25, -0.2) is 17.9 Å². The Bertz CT molecular complexity index is 617. The highest BCUT2D eigenvalue weighted by molar-refractivity contribution is 7.89. The fourth-order valence-corrected chi connectivity index (χ4v) is 3.46. The molecule has 0 unspecified atom stereocenters. The average molecular weight is 310 g/mol. The largest absolute Gasteiger partial charge is 0.478 e. The van der Waals surface area contributed by atoms with E-state index in [1.165, 1.54) is 18.2 Å². The first kappa shape index (κ1) is 15.7. The predicted molar refractivity (Wildman–Crippen MR) is 79.3 cm³/mol. The Morgan fingerprint density at radius 1 is 1.24 bits per heavy atom. The number of sulfonamides is 1. The first-order chi connectivity index (χ1) is 9.97. The van der Waals surface area contributed by atoms with Gasteiger partial charge >= 0.3 is 5.97 Å². The monoisotopic (exact) mass is 310 g/mol. The molecule has 7 heteroatoms.